The van der Waals surface area contributed by atoms with Crippen LogP contribution in [-0.4, -0.2) is 21.6 Å². The van der Waals surface area contributed by atoms with Gasteiger partial charge in [0.1, 0.15) is 10.9 Å². The average Bonchev–Trinajstić information content (AvgIpc) is 2.61. The fourth-order valence-electron chi connectivity index (χ4n) is 2.80. The number of carbonyl (C=O) groups is 1. The van der Waals surface area contributed by atoms with Crippen molar-refractivity contribution in [3.05, 3.63) is 65.0 Å². The number of rotatable bonds is 5. The van der Waals surface area contributed by atoms with Crippen LogP contribution in [0.25, 0.3) is 10.9 Å². The predicted octanol–water partition coefficient (Wildman–Crippen LogP) is 4.52. The van der Waals surface area contributed by atoms with Crippen molar-refractivity contribution in [2.24, 2.45) is 0 Å². The summed E-state index contributed by atoms with van der Waals surface area (Å²) >= 11 is 1.45. The number of nitrogens with zero attached hydrogens (tertiary/aromatic N) is 2. The maximum atomic E-state index is 12.4. The first kappa shape index (κ1) is 18.4. The highest BCUT2D eigenvalue weighted by Gasteiger charge is 2.13. The summed E-state index contributed by atoms with van der Waals surface area (Å²) in [6.45, 7) is 8.06. The monoisotopic (exact) mass is 365 g/mol. The van der Waals surface area contributed by atoms with E-state index in [0.29, 0.717) is 5.75 Å². The van der Waals surface area contributed by atoms with Crippen molar-refractivity contribution >= 4 is 28.6 Å². The molecule has 0 unspecified atom stereocenters. The van der Waals surface area contributed by atoms with Gasteiger partial charge in [0, 0.05) is 5.39 Å². The molecule has 0 aliphatic rings. The normalized spacial score (nSPS) is 12.2. The summed E-state index contributed by atoms with van der Waals surface area (Å²) in [4.78, 5) is 21.3. The second-order valence-electron chi connectivity index (χ2n) is 6.51. The maximum Gasteiger partial charge on any atom is 0.230 e. The molecule has 134 valence electrons. The number of fused-ring (bicyclic) bond motifs is 1. The number of thioether (sulfide) groups is 1. The molecule has 0 aliphatic carbocycles. The van der Waals surface area contributed by atoms with Crippen molar-refractivity contribution in [2.45, 2.75) is 38.8 Å². The van der Waals surface area contributed by atoms with Gasteiger partial charge in [0.25, 0.3) is 0 Å². The molecule has 0 aliphatic heterocycles. The van der Waals surface area contributed by atoms with E-state index in [-0.39, 0.29) is 11.9 Å². The van der Waals surface area contributed by atoms with Gasteiger partial charge < -0.3 is 5.32 Å². The fourth-order valence-corrected chi connectivity index (χ4v) is 3.68. The van der Waals surface area contributed by atoms with Crippen molar-refractivity contribution < 1.29 is 4.79 Å². The third kappa shape index (κ3) is 4.22. The lowest BCUT2D eigenvalue weighted by molar-refractivity contribution is -0.119. The van der Waals surface area contributed by atoms with Gasteiger partial charge in [-0.15, -0.1) is 0 Å². The van der Waals surface area contributed by atoms with E-state index in [9.17, 15) is 4.79 Å². The van der Waals surface area contributed by atoms with Gasteiger partial charge in [0.2, 0.25) is 5.91 Å². The van der Waals surface area contributed by atoms with Crippen LogP contribution >= 0.6 is 11.8 Å². The summed E-state index contributed by atoms with van der Waals surface area (Å²) in [7, 11) is 0. The zero-order valence-corrected chi connectivity index (χ0v) is 16.4. The number of nitrogens with one attached hydrogen (secondary N) is 1. The number of carbonyl (C=O) groups excluding carboxylic acids is 1. The van der Waals surface area contributed by atoms with E-state index in [1.807, 2.05) is 38.1 Å². The van der Waals surface area contributed by atoms with Gasteiger partial charge in [-0.1, -0.05) is 48.2 Å². The highest BCUT2D eigenvalue weighted by molar-refractivity contribution is 8.00. The van der Waals surface area contributed by atoms with Crippen LogP contribution in [0.4, 0.5) is 0 Å². The molecule has 0 spiro atoms. The van der Waals surface area contributed by atoms with Crippen LogP contribution in [0.5, 0.6) is 0 Å². The number of aryl methyl sites for hydroxylation is 3. The Kier molecular flexibility index (Phi) is 5.57. The second-order valence-corrected chi connectivity index (χ2v) is 7.48. The van der Waals surface area contributed by atoms with Crippen LogP contribution in [0.2, 0.25) is 0 Å². The summed E-state index contributed by atoms with van der Waals surface area (Å²) in [5, 5.41) is 4.91. The standard InChI is InChI=1S/C21H23N3OS/c1-13-9-10-17(11-14(13)2)15(3)22-20(25)12-26-21-18-7-5-6-8-19(18)23-16(4)24-21/h5-11,15H,12H2,1-4H3,(H,22,25)/t15-/m0/s1. The molecule has 1 aromatic heterocycles. The molecule has 1 heterocycles. The van der Waals surface area contributed by atoms with Gasteiger partial charge in [-0.2, -0.15) is 0 Å². The summed E-state index contributed by atoms with van der Waals surface area (Å²) in [5.74, 6) is 1.05. The molecule has 1 atom stereocenters. The average molecular weight is 366 g/mol. The quantitative estimate of drug-likeness (QED) is 0.533. The first-order valence-electron chi connectivity index (χ1n) is 8.66. The van der Waals surface area contributed by atoms with Crippen molar-refractivity contribution in [2.75, 3.05) is 5.75 Å². The molecule has 1 N–H and O–H groups in total. The van der Waals surface area contributed by atoms with Crippen molar-refractivity contribution in [3.8, 4) is 0 Å². The number of amides is 1. The molecule has 3 aromatic rings. The lowest BCUT2D eigenvalue weighted by Crippen LogP contribution is -2.28. The van der Waals surface area contributed by atoms with E-state index < -0.39 is 0 Å². The summed E-state index contributed by atoms with van der Waals surface area (Å²) in [5.41, 5.74) is 4.52. The molecule has 2 aromatic carbocycles. The Morgan fingerprint density at radius 3 is 2.62 bits per heavy atom. The van der Waals surface area contributed by atoms with E-state index >= 15 is 0 Å². The van der Waals surface area contributed by atoms with Gasteiger partial charge >= 0.3 is 0 Å². The fraction of sp³-hybridized carbons (Fsp3) is 0.286. The zero-order chi connectivity index (χ0) is 18.7. The molecule has 4 nitrogen and oxygen atoms in total. The van der Waals surface area contributed by atoms with E-state index in [0.717, 1.165) is 27.3 Å². The lowest BCUT2D eigenvalue weighted by atomic mass is 10.0. The van der Waals surface area contributed by atoms with E-state index in [1.54, 1.807) is 0 Å². The van der Waals surface area contributed by atoms with E-state index in [2.05, 4.69) is 47.3 Å². The van der Waals surface area contributed by atoms with Gasteiger partial charge in [0.05, 0.1) is 17.3 Å². The largest absolute Gasteiger partial charge is 0.349 e. The Morgan fingerprint density at radius 2 is 1.85 bits per heavy atom. The van der Waals surface area contributed by atoms with E-state index in [1.165, 1.54) is 22.9 Å². The van der Waals surface area contributed by atoms with Crippen LogP contribution < -0.4 is 5.32 Å². The Labute approximate surface area is 158 Å². The van der Waals surface area contributed by atoms with Crippen LogP contribution in [-0.2, 0) is 4.79 Å². The highest BCUT2D eigenvalue weighted by Crippen LogP contribution is 2.25. The Hall–Kier alpha value is -2.40. The first-order valence-corrected chi connectivity index (χ1v) is 9.65. The molecule has 0 fully saturated rings. The minimum absolute atomic E-state index is 0.000995. The van der Waals surface area contributed by atoms with Crippen molar-refractivity contribution in [1.82, 2.24) is 15.3 Å². The second kappa shape index (κ2) is 7.87. The molecule has 26 heavy (non-hydrogen) atoms. The van der Waals surface area contributed by atoms with E-state index in [4.69, 9.17) is 0 Å². The number of hydrogen-bond donors (Lipinski definition) is 1. The molecule has 0 radical (unpaired) electrons. The molecule has 0 saturated carbocycles. The summed E-state index contributed by atoms with van der Waals surface area (Å²) < 4.78 is 0. The Morgan fingerprint density at radius 1 is 1.08 bits per heavy atom. The first-order chi connectivity index (χ1) is 12.4. The van der Waals surface area contributed by atoms with Gasteiger partial charge in [-0.3, -0.25) is 4.79 Å². The molecule has 0 saturated heterocycles. The lowest BCUT2D eigenvalue weighted by Gasteiger charge is -2.16. The number of benzene rings is 2. The highest BCUT2D eigenvalue weighted by atomic mass is 32.2. The third-order valence-corrected chi connectivity index (χ3v) is 5.42. The molecule has 0 bridgehead atoms. The van der Waals surface area contributed by atoms with Gasteiger partial charge in [-0.25, -0.2) is 9.97 Å². The van der Waals surface area contributed by atoms with Crippen LogP contribution in [0.1, 0.15) is 35.5 Å². The SMILES string of the molecule is Cc1nc(SCC(=O)N[C@@H](C)c2ccc(C)c(C)c2)c2ccccc2n1. The van der Waals surface area contributed by atoms with Crippen molar-refractivity contribution in [1.29, 1.82) is 0 Å². The third-order valence-electron chi connectivity index (χ3n) is 4.43. The Bertz CT molecular complexity index is 955. The number of aromatic nitrogens is 2. The molecule has 3 rings (SSSR count). The van der Waals surface area contributed by atoms with Crippen LogP contribution in [0.15, 0.2) is 47.5 Å². The smallest absolute Gasteiger partial charge is 0.230 e. The maximum absolute atomic E-state index is 12.4. The van der Waals surface area contributed by atoms with Crippen LogP contribution in [0.3, 0.4) is 0 Å². The number of hydrogen-bond acceptors (Lipinski definition) is 4. The summed E-state index contributed by atoms with van der Waals surface area (Å²) in [6.07, 6.45) is 0. The minimum Gasteiger partial charge on any atom is -0.349 e. The van der Waals surface area contributed by atoms with Gasteiger partial charge in [-0.05, 0) is 50.5 Å². The molecular formula is C21H23N3OS. The zero-order valence-electron chi connectivity index (χ0n) is 15.5. The summed E-state index contributed by atoms with van der Waals surface area (Å²) in [6, 6.07) is 14.2. The molecular weight excluding hydrogens is 342 g/mol. The Balaban J connectivity index is 1.66. The van der Waals surface area contributed by atoms with Crippen molar-refractivity contribution in [3.63, 3.8) is 0 Å². The predicted molar refractivity (Wildman–Crippen MR) is 107 cm³/mol. The van der Waals surface area contributed by atoms with Gasteiger partial charge in [0.15, 0.2) is 0 Å². The number of para-hydroxylation sites is 1. The minimum atomic E-state index is -0.0220. The molecule has 1 amide bonds. The topological polar surface area (TPSA) is 54.9 Å². The van der Waals surface area contributed by atoms with Crippen LogP contribution in [0, 0.1) is 20.8 Å². The molecule has 5 heteroatoms.